The van der Waals surface area contributed by atoms with Gasteiger partial charge in [0.2, 0.25) is 17.3 Å². The van der Waals surface area contributed by atoms with E-state index in [1.54, 1.807) is 74.5 Å². The van der Waals surface area contributed by atoms with Gasteiger partial charge in [0.1, 0.15) is 1.37 Å². The van der Waals surface area contributed by atoms with E-state index >= 15 is 0 Å². The third-order valence-electron chi connectivity index (χ3n) is 8.70. The van der Waals surface area contributed by atoms with Gasteiger partial charge < -0.3 is 26.4 Å². The number of ketones is 2. The molecular weight excluding hydrogens is 779 g/mol. The van der Waals surface area contributed by atoms with Crippen molar-refractivity contribution in [3.8, 4) is 12.8 Å². The predicted molar refractivity (Wildman–Crippen MR) is 231 cm³/mol. The van der Waals surface area contributed by atoms with E-state index in [1.165, 1.54) is 20.2 Å². The fourth-order valence-corrected chi connectivity index (χ4v) is 5.68. The van der Waals surface area contributed by atoms with Crippen LogP contribution < -0.4 is 11.1 Å². The molecule has 4 atom stereocenters. The molecule has 4 aromatic rings. The summed E-state index contributed by atoms with van der Waals surface area (Å²) in [5.74, 6) is -3.27. The van der Waals surface area contributed by atoms with E-state index in [0.29, 0.717) is 43.7 Å². The molecule has 0 saturated carbocycles. The Morgan fingerprint density at radius 3 is 1.48 bits per heavy atom. The van der Waals surface area contributed by atoms with E-state index in [2.05, 4.69) is 21.4 Å². The largest absolute Gasteiger partial charge is 0.481 e. The topological polar surface area (TPSA) is 176 Å². The summed E-state index contributed by atoms with van der Waals surface area (Å²) in [4.78, 5) is 53.2. The van der Waals surface area contributed by atoms with Crippen LogP contribution in [0.2, 0.25) is 10.0 Å². The number of aliphatic hydroxyl groups is 2. The lowest BCUT2D eigenvalue weighted by molar-refractivity contribution is -0.145. The van der Waals surface area contributed by atoms with Gasteiger partial charge in [-0.15, -0.1) is 12.8 Å². The van der Waals surface area contributed by atoms with Crippen molar-refractivity contribution in [2.45, 2.75) is 60.2 Å². The van der Waals surface area contributed by atoms with Crippen LogP contribution in [-0.2, 0) is 22.4 Å². The summed E-state index contributed by atoms with van der Waals surface area (Å²) in [5, 5.41) is 31.8. The Hall–Kier alpha value is -5.84. The fraction of sp³-hybridized carbons (Fsp3) is 0.289. The number of Topliss-reactive ketones (excluding diaryl/α,β-unsaturated/α-hetero) is 2. The van der Waals surface area contributed by atoms with Crippen LogP contribution in [-0.4, -0.2) is 64.1 Å². The normalized spacial score (nSPS) is 11.9. The van der Waals surface area contributed by atoms with Crippen LogP contribution in [0.4, 0.5) is 11.4 Å². The number of nitrogens with one attached hydrogen (secondary N) is 1. The quantitative estimate of drug-likeness (QED) is 0.0508. The van der Waals surface area contributed by atoms with Crippen molar-refractivity contribution in [2.75, 3.05) is 13.1 Å². The molecule has 306 valence electrons. The fourth-order valence-electron chi connectivity index (χ4n) is 5.22. The molecule has 0 aliphatic rings. The van der Waals surface area contributed by atoms with Gasteiger partial charge >= 0.3 is 5.97 Å². The lowest BCUT2D eigenvalue weighted by Crippen LogP contribution is -2.40. The average molecular weight is 831 g/mol. The number of benzene rings is 4. The molecule has 13 heteroatoms. The summed E-state index contributed by atoms with van der Waals surface area (Å²) in [5.41, 5.74) is 9.98. The Labute approximate surface area is 352 Å². The molecule has 1 amide bonds. The highest BCUT2D eigenvalue weighted by Gasteiger charge is 2.26. The second-order valence-corrected chi connectivity index (χ2v) is 13.3. The summed E-state index contributed by atoms with van der Waals surface area (Å²) in [6.07, 6.45) is 4.36. The molecule has 0 fully saturated rings. The van der Waals surface area contributed by atoms with Crippen LogP contribution >= 0.6 is 23.2 Å². The average Bonchev–Trinajstić information content (AvgIpc) is 3.21. The van der Waals surface area contributed by atoms with Crippen LogP contribution in [0.3, 0.4) is 0 Å². The van der Waals surface area contributed by atoms with Gasteiger partial charge in [-0.1, -0.05) is 116 Å². The van der Waals surface area contributed by atoms with E-state index in [0.717, 1.165) is 11.1 Å². The van der Waals surface area contributed by atoms with Crippen molar-refractivity contribution in [3.05, 3.63) is 151 Å². The Kier molecular flexibility index (Phi) is 23.3. The first-order chi connectivity index (χ1) is 27.5. The Morgan fingerprint density at radius 1 is 0.759 bits per heavy atom. The zero-order valence-corrected chi connectivity index (χ0v) is 33.5. The van der Waals surface area contributed by atoms with E-state index in [4.69, 9.17) is 48.6 Å². The third kappa shape index (κ3) is 16.0. The number of hydrogen-bond acceptors (Lipinski definition) is 7. The maximum Gasteiger partial charge on any atom is 0.309 e. The first-order valence-electron chi connectivity index (χ1n) is 17.9. The van der Waals surface area contributed by atoms with Crippen molar-refractivity contribution < 1.29 is 35.9 Å². The molecule has 0 unspecified atom stereocenters. The minimum Gasteiger partial charge on any atom is -0.481 e. The highest BCUT2D eigenvalue weighted by Crippen LogP contribution is 2.33. The molecule has 0 heterocycles. The molecule has 0 bridgehead atoms. The van der Waals surface area contributed by atoms with Crippen molar-refractivity contribution in [1.29, 1.82) is 0 Å². The molecule has 0 saturated heterocycles. The number of nitrogens with zero attached hydrogens (tertiary/aromatic N) is 2. The van der Waals surface area contributed by atoms with Crippen LogP contribution in [0.25, 0.3) is 9.69 Å². The molecule has 4 aromatic carbocycles. The number of carbonyl (C=O) groups is 4. The molecular formula is C45H50Cl2N4O7. The van der Waals surface area contributed by atoms with Crippen LogP contribution in [0.5, 0.6) is 0 Å². The smallest absolute Gasteiger partial charge is 0.309 e. The van der Waals surface area contributed by atoms with Crippen LogP contribution in [0.1, 0.15) is 65.6 Å². The van der Waals surface area contributed by atoms with Gasteiger partial charge in [-0.3, -0.25) is 19.2 Å². The zero-order valence-electron chi connectivity index (χ0n) is 33.0. The van der Waals surface area contributed by atoms with Crippen molar-refractivity contribution in [2.24, 2.45) is 17.6 Å². The first kappa shape index (κ1) is 50.2. The Balaban J connectivity index is 0.000000901. The third-order valence-corrected chi connectivity index (χ3v) is 9.65. The van der Waals surface area contributed by atoms with E-state index < -0.39 is 35.9 Å². The molecule has 0 aliphatic heterocycles. The summed E-state index contributed by atoms with van der Waals surface area (Å²) in [6, 6.07) is 24.3. The number of rotatable bonds is 13. The minimum absolute atomic E-state index is 0. The monoisotopic (exact) mass is 829 g/mol. The van der Waals surface area contributed by atoms with Gasteiger partial charge in [0, 0.05) is 11.1 Å². The molecule has 0 spiro atoms. The molecule has 6 N–H and O–H groups in total. The number of aliphatic carboxylic acids is 1. The summed E-state index contributed by atoms with van der Waals surface area (Å²) >= 11 is 12.2. The molecule has 58 heavy (non-hydrogen) atoms. The summed E-state index contributed by atoms with van der Waals surface area (Å²) in [6.45, 7) is 20.5. The number of halogens is 2. The SMILES string of the molecule is C.NCC(=O)c1ccccc1.[2H]C#C.[C-]#[N+]c1ccc(C[C@@H](C(=O)NCC(=O)c2ccccc2)[C@@H](C)O)c(C)c1Cl.[C-]#[N+]c1ccc(C[C@@H](C(=O)O)[C@@H](C)O)c(C)c1Cl. The van der Waals surface area contributed by atoms with Crippen LogP contribution in [0.15, 0.2) is 84.9 Å². The summed E-state index contributed by atoms with van der Waals surface area (Å²) in [7, 11) is 0. The van der Waals surface area contributed by atoms with Crippen molar-refractivity contribution in [1.82, 2.24) is 5.32 Å². The van der Waals surface area contributed by atoms with Gasteiger partial charge in [0.05, 0.1) is 60.3 Å². The zero-order chi connectivity index (χ0) is 43.9. The number of carboxylic acids is 1. The lowest BCUT2D eigenvalue weighted by atomic mass is 9.91. The van der Waals surface area contributed by atoms with Crippen molar-refractivity contribution >= 4 is 58.0 Å². The Morgan fingerprint density at radius 2 is 1.14 bits per heavy atom. The predicted octanol–water partition coefficient (Wildman–Crippen LogP) is 8.27. The molecule has 4 rings (SSSR count). The first-order valence-corrected chi connectivity index (χ1v) is 18.2. The number of aliphatic hydroxyl groups excluding tert-OH is 2. The number of hydrogen-bond donors (Lipinski definition) is 5. The van der Waals surface area contributed by atoms with Gasteiger partial charge in [-0.05, 0) is 62.8 Å². The molecule has 11 nitrogen and oxygen atoms in total. The maximum absolute atomic E-state index is 12.5. The van der Waals surface area contributed by atoms with Crippen molar-refractivity contribution in [3.63, 3.8) is 0 Å². The highest BCUT2D eigenvalue weighted by atomic mass is 35.5. The minimum atomic E-state index is -1.05. The number of amides is 1. The number of carboxylic acid groups (broad SMARTS) is 1. The second-order valence-electron chi connectivity index (χ2n) is 12.5. The van der Waals surface area contributed by atoms with E-state index in [9.17, 15) is 29.4 Å². The number of carbonyl (C=O) groups excluding carboxylic acids is 3. The molecule has 0 radical (unpaired) electrons. The lowest BCUT2D eigenvalue weighted by Gasteiger charge is -2.21. The van der Waals surface area contributed by atoms with Crippen LogP contribution in [0, 0.1) is 51.7 Å². The van der Waals surface area contributed by atoms with E-state index in [1.807, 2.05) is 24.3 Å². The standard InChI is InChI=1S/C21H21ClN2O3.C13H14ClNO3.C8H9NO.C2H2.CH4/c1-13-16(9-10-18(23-3)20(13)22)11-17(14(2)25)21(27)24-12-19(26)15-7-5-4-6-8-15;1-7-9(4-5-11(15-3)12(7)14)6-10(8(2)16)13(17)18;9-6-8(10)7-4-2-1-3-5-7;1-2;/h4-10,14,17,25H,11-12H2,1-2H3,(H,24,27);4-5,8,10,16H,6H2,1-2H3,(H,17,18);1-5H,6,9H2;1-2H;1H4/t14-,17-;8-,10-;;;/m11.../s1/i;;;1D;. The highest BCUT2D eigenvalue weighted by molar-refractivity contribution is 6.34. The maximum atomic E-state index is 12.5. The summed E-state index contributed by atoms with van der Waals surface area (Å²) < 4.78 is 5.74. The van der Waals surface area contributed by atoms with Gasteiger partial charge in [0.25, 0.3) is 0 Å². The molecule has 0 aliphatic carbocycles. The Bertz CT molecular complexity index is 2130. The number of nitrogens with two attached hydrogens (primary N) is 1. The van der Waals surface area contributed by atoms with Gasteiger partial charge in [-0.2, -0.15) is 0 Å². The molecule has 0 aromatic heterocycles. The second kappa shape index (κ2) is 26.9. The van der Waals surface area contributed by atoms with Gasteiger partial charge in [-0.25, -0.2) is 9.69 Å². The number of terminal acetylenes is 1. The van der Waals surface area contributed by atoms with E-state index in [-0.39, 0.29) is 44.9 Å². The van der Waals surface area contributed by atoms with Gasteiger partial charge in [0.15, 0.2) is 11.6 Å².